The van der Waals surface area contributed by atoms with Crippen molar-refractivity contribution >= 4 is 69.6 Å². The van der Waals surface area contributed by atoms with Gasteiger partial charge in [0.1, 0.15) is 5.82 Å². The van der Waals surface area contributed by atoms with E-state index in [4.69, 9.17) is 34.8 Å². The Bertz CT molecular complexity index is 1100. The molecule has 2 aromatic carbocycles. The van der Waals surface area contributed by atoms with Gasteiger partial charge in [0.2, 0.25) is 0 Å². The van der Waals surface area contributed by atoms with E-state index in [1.54, 1.807) is 24.5 Å². The molecule has 0 unspecified atom stereocenters. The maximum absolute atomic E-state index is 6.30. The fourth-order valence-electron chi connectivity index (χ4n) is 2.54. The van der Waals surface area contributed by atoms with Crippen LogP contribution in [0.15, 0.2) is 60.9 Å². The molecule has 0 aliphatic carbocycles. The van der Waals surface area contributed by atoms with E-state index >= 15 is 0 Å². The Labute approximate surface area is 176 Å². The van der Waals surface area contributed by atoms with Crippen molar-refractivity contribution < 1.29 is 0 Å². The molecule has 0 radical (unpaired) electrons. The highest BCUT2D eigenvalue weighted by atomic mass is 35.5. The van der Waals surface area contributed by atoms with E-state index in [-0.39, 0.29) is 12.4 Å². The maximum Gasteiger partial charge on any atom is 0.163 e. The molecule has 0 saturated heterocycles. The van der Waals surface area contributed by atoms with Crippen molar-refractivity contribution in [3.63, 3.8) is 0 Å². The lowest BCUT2D eigenvalue weighted by molar-refractivity contribution is 1.20. The Kier molecular flexibility index (Phi) is 6.02. The van der Waals surface area contributed by atoms with E-state index in [2.05, 4.69) is 20.3 Å². The summed E-state index contributed by atoms with van der Waals surface area (Å²) in [7, 11) is 0. The number of anilines is 2. The van der Waals surface area contributed by atoms with Gasteiger partial charge < -0.3 is 5.32 Å². The SMILES string of the molecule is Cl.Clc1cc(Cl)c(Nc2nc(-c3cccnc3)nc3ccccc23)cc1Cl. The Hall–Kier alpha value is -2.11. The predicted octanol–water partition coefficient (Wildman–Crippen LogP) is 6.82. The number of fused-ring (bicyclic) bond motifs is 1. The number of benzene rings is 2. The lowest BCUT2D eigenvalue weighted by Crippen LogP contribution is -2.00. The van der Waals surface area contributed by atoms with Gasteiger partial charge in [-0.05, 0) is 36.4 Å². The van der Waals surface area contributed by atoms with Crippen LogP contribution in [0, 0.1) is 0 Å². The van der Waals surface area contributed by atoms with Crippen LogP contribution in [0.25, 0.3) is 22.3 Å². The van der Waals surface area contributed by atoms with E-state index < -0.39 is 0 Å². The summed E-state index contributed by atoms with van der Waals surface area (Å²) in [6.07, 6.45) is 3.43. The first-order chi connectivity index (χ1) is 12.6. The molecule has 4 nitrogen and oxygen atoms in total. The third kappa shape index (κ3) is 4.09. The first kappa shape index (κ1) is 19.6. The van der Waals surface area contributed by atoms with Crippen LogP contribution in [0.4, 0.5) is 11.5 Å². The quantitative estimate of drug-likeness (QED) is 0.357. The second-order valence-electron chi connectivity index (χ2n) is 5.53. The number of pyridine rings is 1. The monoisotopic (exact) mass is 436 g/mol. The van der Waals surface area contributed by atoms with Crippen molar-refractivity contribution in [1.29, 1.82) is 0 Å². The van der Waals surface area contributed by atoms with Crippen LogP contribution in [-0.2, 0) is 0 Å². The molecule has 0 spiro atoms. The van der Waals surface area contributed by atoms with Crippen LogP contribution in [0.3, 0.4) is 0 Å². The molecule has 0 amide bonds. The van der Waals surface area contributed by atoms with Crippen LogP contribution in [0.5, 0.6) is 0 Å². The fourth-order valence-corrected chi connectivity index (χ4v) is 3.14. The molecule has 0 aliphatic rings. The summed E-state index contributed by atoms with van der Waals surface area (Å²) < 4.78 is 0. The molecule has 136 valence electrons. The number of rotatable bonds is 3. The fraction of sp³-hybridized carbons (Fsp3) is 0. The lowest BCUT2D eigenvalue weighted by atomic mass is 10.2. The van der Waals surface area contributed by atoms with E-state index in [1.165, 1.54) is 0 Å². The number of para-hydroxylation sites is 1. The summed E-state index contributed by atoms with van der Waals surface area (Å²) in [5.74, 6) is 1.19. The average Bonchev–Trinajstić information content (AvgIpc) is 2.66. The van der Waals surface area contributed by atoms with Gasteiger partial charge in [0.25, 0.3) is 0 Å². The molecule has 0 bridgehead atoms. The zero-order valence-electron chi connectivity index (χ0n) is 13.7. The lowest BCUT2D eigenvalue weighted by Gasteiger charge is -2.13. The number of hydrogen-bond donors (Lipinski definition) is 1. The van der Waals surface area contributed by atoms with E-state index in [9.17, 15) is 0 Å². The van der Waals surface area contributed by atoms with Crippen molar-refractivity contribution in [3.05, 3.63) is 76.0 Å². The van der Waals surface area contributed by atoms with Crippen molar-refractivity contribution in [2.75, 3.05) is 5.32 Å². The molecule has 0 saturated carbocycles. The van der Waals surface area contributed by atoms with Gasteiger partial charge in [-0.25, -0.2) is 9.97 Å². The van der Waals surface area contributed by atoms with Gasteiger partial charge in [-0.1, -0.05) is 46.9 Å². The van der Waals surface area contributed by atoms with Crippen molar-refractivity contribution in [1.82, 2.24) is 15.0 Å². The minimum Gasteiger partial charge on any atom is -0.338 e. The molecule has 0 aliphatic heterocycles. The number of aromatic nitrogens is 3. The summed E-state index contributed by atoms with van der Waals surface area (Å²) in [6, 6.07) is 14.7. The van der Waals surface area contributed by atoms with Crippen molar-refractivity contribution in [3.8, 4) is 11.4 Å². The molecule has 4 aromatic rings. The van der Waals surface area contributed by atoms with Crippen LogP contribution in [-0.4, -0.2) is 15.0 Å². The Morgan fingerprint density at radius 3 is 2.37 bits per heavy atom. The van der Waals surface area contributed by atoms with Gasteiger partial charge in [-0.3, -0.25) is 4.98 Å². The summed E-state index contributed by atoms with van der Waals surface area (Å²) >= 11 is 18.4. The number of hydrogen-bond acceptors (Lipinski definition) is 4. The number of nitrogens with zero attached hydrogens (tertiary/aromatic N) is 3. The molecule has 4 rings (SSSR count). The number of nitrogens with one attached hydrogen (secondary N) is 1. The third-order valence-corrected chi connectivity index (χ3v) is 4.82. The summed E-state index contributed by atoms with van der Waals surface area (Å²) in [6.45, 7) is 0. The Morgan fingerprint density at radius 2 is 1.59 bits per heavy atom. The first-order valence-corrected chi connectivity index (χ1v) is 8.84. The van der Waals surface area contributed by atoms with E-state index in [0.29, 0.717) is 32.4 Å². The molecular formula is C19H12Cl4N4. The van der Waals surface area contributed by atoms with Gasteiger partial charge >= 0.3 is 0 Å². The normalized spacial score (nSPS) is 10.5. The standard InChI is InChI=1S/C19H11Cl3N4.ClH/c20-13-8-15(22)17(9-14(13)21)25-19-12-5-1-2-6-16(12)24-18(26-19)11-4-3-7-23-10-11;/h1-10H,(H,24,25,26);1H. The Balaban J connectivity index is 0.00000210. The molecule has 0 fully saturated rings. The van der Waals surface area contributed by atoms with Gasteiger partial charge in [-0.2, -0.15) is 0 Å². The van der Waals surface area contributed by atoms with Gasteiger partial charge in [0.15, 0.2) is 5.82 Å². The second kappa shape index (κ2) is 8.28. The smallest absolute Gasteiger partial charge is 0.163 e. The molecule has 1 N–H and O–H groups in total. The van der Waals surface area contributed by atoms with Gasteiger partial charge in [0, 0.05) is 23.3 Å². The predicted molar refractivity (Wildman–Crippen MR) is 115 cm³/mol. The van der Waals surface area contributed by atoms with Crippen LogP contribution in [0.1, 0.15) is 0 Å². The topological polar surface area (TPSA) is 50.7 Å². The minimum atomic E-state index is 0. The number of halogens is 4. The molecular weight excluding hydrogens is 426 g/mol. The summed E-state index contributed by atoms with van der Waals surface area (Å²) in [4.78, 5) is 13.4. The highest BCUT2D eigenvalue weighted by Crippen LogP contribution is 2.35. The molecule has 2 aromatic heterocycles. The average molecular weight is 438 g/mol. The van der Waals surface area contributed by atoms with Crippen molar-refractivity contribution in [2.24, 2.45) is 0 Å². The summed E-state index contributed by atoms with van der Waals surface area (Å²) in [5, 5.41) is 5.36. The second-order valence-corrected chi connectivity index (χ2v) is 6.75. The maximum atomic E-state index is 6.30. The zero-order chi connectivity index (χ0) is 18.1. The molecule has 0 atom stereocenters. The Morgan fingerprint density at radius 1 is 0.815 bits per heavy atom. The van der Waals surface area contributed by atoms with Crippen LogP contribution >= 0.6 is 47.2 Å². The zero-order valence-corrected chi connectivity index (χ0v) is 16.7. The van der Waals surface area contributed by atoms with E-state index in [0.717, 1.165) is 16.5 Å². The first-order valence-electron chi connectivity index (χ1n) is 7.70. The molecule has 2 heterocycles. The van der Waals surface area contributed by atoms with Crippen molar-refractivity contribution in [2.45, 2.75) is 0 Å². The largest absolute Gasteiger partial charge is 0.338 e. The van der Waals surface area contributed by atoms with Gasteiger partial charge in [-0.15, -0.1) is 12.4 Å². The van der Waals surface area contributed by atoms with Crippen LogP contribution in [0.2, 0.25) is 15.1 Å². The minimum absolute atomic E-state index is 0. The third-order valence-electron chi connectivity index (χ3n) is 3.79. The highest BCUT2D eigenvalue weighted by molar-refractivity contribution is 6.44. The molecule has 8 heteroatoms. The highest BCUT2D eigenvalue weighted by Gasteiger charge is 2.12. The molecule has 27 heavy (non-hydrogen) atoms. The van der Waals surface area contributed by atoms with Gasteiger partial charge in [0.05, 0.1) is 26.3 Å². The van der Waals surface area contributed by atoms with Crippen LogP contribution < -0.4 is 5.32 Å². The summed E-state index contributed by atoms with van der Waals surface area (Å²) in [5.41, 5.74) is 2.24. The van der Waals surface area contributed by atoms with E-state index in [1.807, 2.05) is 36.4 Å².